The summed E-state index contributed by atoms with van der Waals surface area (Å²) in [5.41, 5.74) is 0. The number of aliphatic hydroxyl groups excluding tert-OH is 1. The summed E-state index contributed by atoms with van der Waals surface area (Å²) in [6.45, 7) is 10.7. The van der Waals surface area contributed by atoms with Crippen LogP contribution in [0.15, 0.2) is 12.7 Å². The SMILES string of the molecule is C=CCCCCCN(CCCO)C(C)C. The van der Waals surface area contributed by atoms with Gasteiger partial charge >= 0.3 is 0 Å². The van der Waals surface area contributed by atoms with E-state index in [1.165, 1.54) is 19.3 Å². The van der Waals surface area contributed by atoms with Crippen LogP contribution in [0.5, 0.6) is 0 Å². The van der Waals surface area contributed by atoms with E-state index in [2.05, 4.69) is 25.3 Å². The summed E-state index contributed by atoms with van der Waals surface area (Å²) < 4.78 is 0. The average molecular weight is 213 g/mol. The van der Waals surface area contributed by atoms with Crippen molar-refractivity contribution in [3.05, 3.63) is 12.7 Å². The molecule has 0 heterocycles. The van der Waals surface area contributed by atoms with E-state index in [9.17, 15) is 0 Å². The normalized spacial score (nSPS) is 11.3. The first-order valence-electron chi connectivity index (χ1n) is 6.18. The maximum Gasteiger partial charge on any atom is 0.0443 e. The monoisotopic (exact) mass is 213 g/mol. The van der Waals surface area contributed by atoms with E-state index < -0.39 is 0 Å². The Morgan fingerprint density at radius 2 is 1.80 bits per heavy atom. The van der Waals surface area contributed by atoms with Crippen LogP contribution in [0, 0.1) is 0 Å². The lowest BCUT2D eigenvalue weighted by molar-refractivity contribution is 0.188. The highest BCUT2D eigenvalue weighted by atomic mass is 16.3. The van der Waals surface area contributed by atoms with Gasteiger partial charge in [0.15, 0.2) is 0 Å². The fourth-order valence-electron chi connectivity index (χ4n) is 1.68. The van der Waals surface area contributed by atoms with Crippen LogP contribution in [0.3, 0.4) is 0 Å². The van der Waals surface area contributed by atoms with E-state index in [-0.39, 0.29) is 0 Å². The van der Waals surface area contributed by atoms with Crippen LogP contribution in [0.4, 0.5) is 0 Å². The van der Waals surface area contributed by atoms with E-state index in [0.29, 0.717) is 12.6 Å². The summed E-state index contributed by atoms with van der Waals surface area (Å²) >= 11 is 0. The van der Waals surface area contributed by atoms with Crippen molar-refractivity contribution in [1.29, 1.82) is 0 Å². The Hall–Kier alpha value is -0.340. The molecule has 2 nitrogen and oxygen atoms in total. The van der Waals surface area contributed by atoms with E-state index in [4.69, 9.17) is 5.11 Å². The standard InChI is InChI=1S/C13H27NO/c1-4-5-6-7-8-10-14(13(2)3)11-9-12-15/h4,13,15H,1,5-12H2,2-3H3. The molecule has 0 unspecified atom stereocenters. The fraction of sp³-hybridized carbons (Fsp3) is 0.846. The van der Waals surface area contributed by atoms with Crippen LogP contribution in [-0.2, 0) is 0 Å². The second-order valence-corrected chi connectivity index (χ2v) is 4.34. The molecule has 0 aliphatic heterocycles. The van der Waals surface area contributed by atoms with Gasteiger partial charge in [0.2, 0.25) is 0 Å². The predicted molar refractivity (Wildman–Crippen MR) is 67.1 cm³/mol. The minimum atomic E-state index is 0.305. The quantitative estimate of drug-likeness (QED) is 0.445. The molecule has 0 fully saturated rings. The van der Waals surface area contributed by atoms with Gasteiger partial charge in [-0.1, -0.05) is 12.5 Å². The van der Waals surface area contributed by atoms with Gasteiger partial charge in [-0.05, 0) is 46.1 Å². The molecule has 2 heteroatoms. The number of unbranched alkanes of at least 4 members (excludes halogenated alkanes) is 3. The molecule has 15 heavy (non-hydrogen) atoms. The van der Waals surface area contributed by atoms with Gasteiger partial charge in [0.1, 0.15) is 0 Å². The maximum absolute atomic E-state index is 8.80. The maximum atomic E-state index is 8.80. The number of aliphatic hydroxyl groups is 1. The average Bonchev–Trinajstić information content (AvgIpc) is 2.21. The molecule has 0 aliphatic carbocycles. The molecule has 0 atom stereocenters. The van der Waals surface area contributed by atoms with Gasteiger partial charge in [0, 0.05) is 19.2 Å². The molecule has 90 valence electrons. The van der Waals surface area contributed by atoms with Gasteiger partial charge in [0.05, 0.1) is 0 Å². The molecule has 0 saturated carbocycles. The van der Waals surface area contributed by atoms with Crippen molar-refractivity contribution < 1.29 is 5.11 Å². The van der Waals surface area contributed by atoms with Crippen LogP contribution in [0.1, 0.15) is 46.0 Å². The Labute approximate surface area is 95.0 Å². The van der Waals surface area contributed by atoms with Crippen molar-refractivity contribution in [2.24, 2.45) is 0 Å². The van der Waals surface area contributed by atoms with Crippen LogP contribution >= 0.6 is 0 Å². The van der Waals surface area contributed by atoms with Gasteiger partial charge in [-0.15, -0.1) is 6.58 Å². The predicted octanol–water partition coefficient (Wildman–Crippen LogP) is 2.83. The van der Waals surface area contributed by atoms with Gasteiger partial charge in [0.25, 0.3) is 0 Å². The third-order valence-electron chi connectivity index (χ3n) is 2.69. The Bertz CT molecular complexity index is 145. The zero-order chi connectivity index (χ0) is 11.5. The first kappa shape index (κ1) is 14.7. The molecule has 0 amide bonds. The highest BCUT2D eigenvalue weighted by molar-refractivity contribution is 4.67. The second-order valence-electron chi connectivity index (χ2n) is 4.34. The summed E-state index contributed by atoms with van der Waals surface area (Å²) in [5, 5.41) is 8.80. The second kappa shape index (κ2) is 10.2. The van der Waals surface area contributed by atoms with Crippen LogP contribution in [0.25, 0.3) is 0 Å². The van der Waals surface area contributed by atoms with Gasteiger partial charge in [-0.3, -0.25) is 0 Å². The molecular formula is C13H27NO. The van der Waals surface area contributed by atoms with Gasteiger partial charge in [-0.25, -0.2) is 0 Å². The highest BCUT2D eigenvalue weighted by Gasteiger charge is 2.07. The van der Waals surface area contributed by atoms with E-state index in [1.54, 1.807) is 0 Å². The summed E-state index contributed by atoms with van der Waals surface area (Å²) in [6.07, 6.45) is 7.83. The van der Waals surface area contributed by atoms with Crippen molar-refractivity contribution in [3.63, 3.8) is 0 Å². The van der Waals surface area contributed by atoms with E-state index in [1.807, 2.05) is 6.08 Å². The highest BCUT2D eigenvalue weighted by Crippen LogP contribution is 2.05. The smallest absolute Gasteiger partial charge is 0.0443 e. The summed E-state index contributed by atoms with van der Waals surface area (Å²) in [6, 6.07) is 0.593. The van der Waals surface area contributed by atoms with Crippen molar-refractivity contribution in [2.45, 2.75) is 52.0 Å². The minimum absolute atomic E-state index is 0.305. The molecule has 0 aromatic carbocycles. The molecule has 0 aromatic rings. The van der Waals surface area contributed by atoms with Crippen molar-refractivity contribution in [2.75, 3.05) is 19.7 Å². The largest absolute Gasteiger partial charge is 0.396 e. The Morgan fingerprint density at radius 3 is 2.33 bits per heavy atom. The zero-order valence-electron chi connectivity index (χ0n) is 10.4. The Balaban J connectivity index is 3.52. The number of hydrogen-bond acceptors (Lipinski definition) is 2. The molecule has 0 aliphatic rings. The lowest BCUT2D eigenvalue weighted by atomic mass is 10.1. The lowest BCUT2D eigenvalue weighted by Crippen LogP contribution is -2.33. The fourth-order valence-corrected chi connectivity index (χ4v) is 1.68. The van der Waals surface area contributed by atoms with Gasteiger partial charge in [-0.2, -0.15) is 0 Å². The number of hydrogen-bond donors (Lipinski definition) is 1. The summed E-state index contributed by atoms with van der Waals surface area (Å²) in [7, 11) is 0. The molecule has 0 saturated heterocycles. The van der Waals surface area contributed by atoms with E-state index >= 15 is 0 Å². The first-order valence-corrected chi connectivity index (χ1v) is 6.18. The molecule has 0 radical (unpaired) electrons. The summed E-state index contributed by atoms with van der Waals surface area (Å²) in [4.78, 5) is 2.45. The van der Waals surface area contributed by atoms with Gasteiger partial charge < -0.3 is 10.0 Å². The molecule has 0 spiro atoms. The van der Waals surface area contributed by atoms with Crippen molar-refractivity contribution in [1.82, 2.24) is 4.90 Å². The van der Waals surface area contributed by atoms with Crippen molar-refractivity contribution >= 4 is 0 Å². The summed E-state index contributed by atoms with van der Waals surface area (Å²) in [5.74, 6) is 0. The molecule has 1 N–H and O–H groups in total. The number of allylic oxidation sites excluding steroid dienone is 1. The Kier molecular flexibility index (Phi) is 9.96. The van der Waals surface area contributed by atoms with E-state index in [0.717, 1.165) is 25.9 Å². The molecule has 0 bridgehead atoms. The number of rotatable bonds is 10. The minimum Gasteiger partial charge on any atom is -0.396 e. The van der Waals surface area contributed by atoms with Crippen LogP contribution in [0.2, 0.25) is 0 Å². The van der Waals surface area contributed by atoms with Crippen molar-refractivity contribution in [3.8, 4) is 0 Å². The molecule has 0 rings (SSSR count). The Morgan fingerprint density at radius 1 is 1.13 bits per heavy atom. The van der Waals surface area contributed by atoms with Crippen LogP contribution < -0.4 is 0 Å². The zero-order valence-corrected chi connectivity index (χ0v) is 10.4. The molecule has 0 aromatic heterocycles. The van der Waals surface area contributed by atoms with Crippen LogP contribution in [-0.4, -0.2) is 35.7 Å². The first-order chi connectivity index (χ1) is 7.22. The lowest BCUT2D eigenvalue weighted by Gasteiger charge is -2.26. The third kappa shape index (κ3) is 8.64. The number of nitrogens with zero attached hydrogens (tertiary/aromatic N) is 1. The topological polar surface area (TPSA) is 23.5 Å². The molecular weight excluding hydrogens is 186 g/mol. The third-order valence-corrected chi connectivity index (χ3v) is 2.69.